The van der Waals surface area contributed by atoms with Crippen molar-refractivity contribution < 1.29 is 13.2 Å². The van der Waals surface area contributed by atoms with Crippen LogP contribution in [-0.2, 0) is 10.0 Å². The molecule has 124 valence electrons. The Labute approximate surface area is 145 Å². The Kier molecular flexibility index (Phi) is 4.37. The van der Waals surface area contributed by atoms with Crippen LogP contribution in [0.3, 0.4) is 0 Å². The first-order chi connectivity index (χ1) is 12.0. The molecule has 3 rings (SSSR count). The van der Waals surface area contributed by atoms with Crippen molar-refractivity contribution in [3.05, 3.63) is 78.4 Å². The van der Waals surface area contributed by atoms with Gasteiger partial charge in [-0.3, -0.25) is 9.78 Å². The number of carbonyl (C=O) groups excluding carboxylic acids is 1. The zero-order chi connectivity index (χ0) is 17.9. The number of pyridine rings is 1. The van der Waals surface area contributed by atoms with E-state index in [1.54, 1.807) is 30.3 Å². The molecule has 0 aliphatic rings. The van der Waals surface area contributed by atoms with E-state index in [1.807, 2.05) is 0 Å². The van der Waals surface area contributed by atoms with Crippen LogP contribution in [0.25, 0.3) is 0 Å². The normalized spacial score (nSPS) is 10.8. The van der Waals surface area contributed by atoms with Crippen LogP contribution in [0.4, 0.5) is 5.69 Å². The van der Waals surface area contributed by atoms with Gasteiger partial charge in [-0.05, 0) is 42.5 Å². The predicted molar refractivity (Wildman–Crippen MR) is 93.6 cm³/mol. The third-order valence-electron chi connectivity index (χ3n) is 3.42. The van der Waals surface area contributed by atoms with E-state index >= 15 is 0 Å². The smallest absolute Gasteiger partial charge is 0.274 e. The number of nitrogens with one attached hydrogen (secondary N) is 1. The summed E-state index contributed by atoms with van der Waals surface area (Å²) in [4.78, 5) is 16.1. The van der Waals surface area contributed by atoms with Crippen molar-refractivity contribution in [2.45, 2.75) is 4.90 Å². The van der Waals surface area contributed by atoms with Crippen LogP contribution in [0.2, 0.25) is 0 Å². The maximum absolute atomic E-state index is 12.6. The highest BCUT2D eigenvalue weighted by atomic mass is 32.2. The molecule has 1 amide bonds. The molecule has 3 aromatic rings. The topological polar surface area (TPSA) is 81.1 Å². The summed E-state index contributed by atoms with van der Waals surface area (Å²) in [6, 6.07) is 12.4. The van der Waals surface area contributed by atoms with Gasteiger partial charge in [0.25, 0.3) is 15.9 Å². The van der Waals surface area contributed by atoms with Crippen molar-refractivity contribution in [2.75, 3.05) is 5.32 Å². The number of terminal acetylenes is 1. The first-order valence-electron chi connectivity index (χ1n) is 7.23. The summed E-state index contributed by atoms with van der Waals surface area (Å²) in [5.41, 5.74) is 1.18. The van der Waals surface area contributed by atoms with E-state index in [2.05, 4.69) is 16.2 Å². The quantitative estimate of drug-likeness (QED) is 0.732. The molecule has 0 fully saturated rings. The molecule has 2 aromatic heterocycles. The number of hydrogen-bond acceptors (Lipinski definition) is 4. The van der Waals surface area contributed by atoms with Gasteiger partial charge in [-0.2, -0.15) is 0 Å². The lowest BCUT2D eigenvalue weighted by Gasteiger charge is -2.06. The summed E-state index contributed by atoms with van der Waals surface area (Å²) in [5, 5.41) is 2.61. The fourth-order valence-electron chi connectivity index (χ4n) is 2.14. The number of anilines is 1. The SMILES string of the molecule is C#Cc1ccc(S(=O)(=O)n2ccc(NC(=O)c3ccccn3)c2)cc1. The molecular formula is C18H13N3O3S. The van der Waals surface area contributed by atoms with Crippen molar-refractivity contribution in [1.82, 2.24) is 8.96 Å². The number of benzene rings is 1. The van der Waals surface area contributed by atoms with Crippen LogP contribution in [0.1, 0.15) is 16.1 Å². The maximum atomic E-state index is 12.6. The molecular weight excluding hydrogens is 338 g/mol. The van der Waals surface area contributed by atoms with E-state index in [0.29, 0.717) is 11.3 Å². The Morgan fingerprint density at radius 2 is 1.88 bits per heavy atom. The molecule has 2 heterocycles. The molecule has 6 nitrogen and oxygen atoms in total. The second-order valence-electron chi connectivity index (χ2n) is 5.07. The van der Waals surface area contributed by atoms with Crippen molar-refractivity contribution >= 4 is 21.6 Å². The fraction of sp³-hybridized carbons (Fsp3) is 0. The Morgan fingerprint density at radius 1 is 1.12 bits per heavy atom. The van der Waals surface area contributed by atoms with Gasteiger partial charge in [0, 0.05) is 24.2 Å². The van der Waals surface area contributed by atoms with E-state index in [-0.39, 0.29) is 10.6 Å². The molecule has 0 saturated heterocycles. The molecule has 0 radical (unpaired) electrons. The minimum atomic E-state index is -3.76. The van der Waals surface area contributed by atoms with E-state index in [9.17, 15) is 13.2 Å². The van der Waals surface area contributed by atoms with E-state index in [1.165, 1.54) is 36.8 Å². The molecule has 25 heavy (non-hydrogen) atoms. The second kappa shape index (κ2) is 6.63. The van der Waals surface area contributed by atoms with Gasteiger partial charge in [-0.1, -0.05) is 12.0 Å². The van der Waals surface area contributed by atoms with Crippen LogP contribution in [0.5, 0.6) is 0 Å². The lowest BCUT2D eigenvalue weighted by atomic mass is 10.2. The van der Waals surface area contributed by atoms with E-state index in [0.717, 1.165) is 3.97 Å². The Morgan fingerprint density at radius 3 is 2.52 bits per heavy atom. The third kappa shape index (κ3) is 3.44. The molecule has 1 aromatic carbocycles. The molecule has 0 spiro atoms. The Bertz CT molecular complexity index is 1050. The number of aromatic nitrogens is 2. The van der Waals surface area contributed by atoms with Gasteiger partial charge in [-0.25, -0.2) is 12.4 Å². The number of carbonyl (C=O) groups is 1. The molecule has 0 aliphatic carbocycles. The molecule has 0 aliphatic heterocycles. The van der Waals surface area contributed by atoms with Crippen molar-refractivity contribution in [1.29, 1.82) is 0 Å². The number of amides is 1. The van der Waals surface area contributed by atoms with Gasteiger partial charge in [0.1, 0.15) is 5.69 Å². The summed E-state index contributed by atoms with van der Waals surface area (Å²) >= 11 is 0. The van der Waals surface area contributed by atoms with Crippen molar-refractivity contribution in [2.24, 2.45) is 0 Å². The van der Waals surface area contributed by atoms with Gasteiger partial charge < -0.3 is 5.32 Å². The average molecular weight is 351 g/mol. The average Bonchev–Trinajstić information content (AvgIpc) is 3.12. The highest BCUT2D eigenvalue weighted by Crippen LogP contribution is 2.18. The zero-order valence-electron chi connectivity index (χ0n) is 13.0. The predicted octanol–water partition coefficient (Wildman–Crippen LogP) is 2.35. The van der Waals surface area contributed by atoms with Crippen LogP contribution in [-0.4, -0.2) is 23.3 Å². The second-order valence-corrected chi connectivity index (χ2v) is 6.92. The van der Waals surface area contributed by atoms with Gasteiger partial charge in [-0.15, -0.1) is 6.42 Å². The van der Waals surface area contributed by atoms with E-state index < -0.39 is 15.9 Å². The molecule has 7 heteroatoms. The first-order valence-corrected chi connectivity index (χ1v) is 8.67. The van der Waals surface area contributed by atoms with Crippen LogP contribution in [0.15, 0.2) is 72.0 Å². The standard InChI is InChI=1S/C18H13N3O3S/c1-2-14-6-8-16(9-7-14)25(23,24)21-12-10-15(13-21)20-18(22)17-5-3-4-11-19-17/h1,3-13H,(H,20,22). The van der Waals surface area contributed by atoms with Gasteiger partial charge in [0.2, 0.25) is 0 Å². The summed E-state index contributed by atoms with van der Waals surface area (Å²) in [7, 11) is -3.76. The van der Waals surface area contributed by atoms with Crippen LogP contribution >= 0.6 is 0 Å². The lowest BCUT2D eigenvalue weighted by molar-refractivity contribution is 0.102. The molecule has 0 saturated carbocycles. The van der Waals surface area contributed by atoms with Crippen molar-refractivity contribution in [3.8, 4) is 12.3 Å². The van der Waals surface area contributed by atoms with E-state index in [4.69, 9.17) is 6.42 Å². The lowest BCUT2D eigenvalue weighted by Crippen LogP contribution is -2.14. The highest BCUT2D eigenvalue weighted by molar-refractivity contribution is 7.90. The van der Waals surface area contributed by atoms with Gasteiger partial charge in [0.05, 0.1) is 10.6 Å². The minimum Gasteiger partial charge on any atom is -0.319 e. The van der Waals surface area contributed by atoms with Gasteiger partial charge >= 0.3 is 0 Å². The summed E-state index contributed by atoms with van der Waals surface area (Å²) < 4.78 is 26.2. The third-order valence-corrected chi connectivity index (χ3v) is 5.07. The fourth-order valence-corrected chi connectivity index (χ4v) is 3.33. The summed E-state index contributed by atoms with van der Waals surface area (Å²) in [6.45, 7) is 0. The van der Waals surface area contributed by atoms with Crippen LogP contribution < -0.4 is 5.32 Å². The zero-order valence-corrected chi connectivity index (χ0v) is 13.8. The number of rotatable bonds is 4. The van der Waals surface area contributed by atoms with Crippen molar-refractivity contribution in [3.63, 3.8) is 0 Å². The Hall–Kier alpha value is -3.37. The van der Waals surface area contributed by atoms with Crippen LogP contribution in [0, 0.1) is 12.3 Å². The monoisotopic (exact) mass is 351 g/mol. The minimum absolute atomic E-state index is 0.102. The largest absolute Gasteiger partial charge is 0.319 e. The maximum Gasteiger partial charge on any atom is 0.274 e. The molecule has 1 N–H and O–H groups in total. The number of nitrogens with zero attached hydrogens (tertiary/aromatic N) is 2. The molecule has 0 atom stereocenters. The first kappa shape index (κ1) is 16.5. The number of hydrogen-bond donors (Lipinski definition) is 1. The highest BCUT2D eigenvalue weighted by Gasteiger charge is 2.17. The van der Waals surface area contributed by atoms with Gasteiger partial charge in [0.15, 0.2) is 0 Å². The summed E-state index contributed by atoms with van der Waals surface area (Å²) in [5.74, 6) is 2.01. The molecule has 0 bridgehead atoms. The Balaban J connectivity index is 1.82. The molecule has 0 unspecified atom stereocenters. The summed E-state index contributed by atoms with van der Waals surface area (Å²) in [6.07, 6.45) is 9.46.